The Labute approximate surface area is 111 Å². The monoisotopic (exact) mass is 256 g/mol. The zero-order chi connectivity index (χ0) is 13.4. The lowest BCUT2D eigenvalue weighted by atomic mass is 10.1. The van der Waals surface area contributed by atoms with E-state index in [1.807, 2.05) is 11.0 Å². The van der Waals surface area contributed by atoms with Crippen molar-refractivity contribution in [3.05, 3.63) is 47.8 Å². The minimum atomic E-state index is -0.0227. The van der Waals surface area contributed by atoms with E-state index in [9.17, 15) is 4.79 Å². The van der Waals surface area contributed by atoms with Gasteiger partial charge in [0.1, 0.15) is 11.5 Å². The molecule has 1 atom stereocenters. The van der Waals surface area contributed by atoms with Crippen LogP contribution in [0.4, 0.5) is 0 Å². The zero-order valence-electron chi connectivity index (χ0n) is 11.1. The van der Waals surface area contributed by atoms with E-state index in [-0.39, 0.29) is 11.9 Å². The summed E-state index contributed by atoms with van der Waals surface area (Å²) in [5, 5.41) is 0. The van der Waals surface area contributed by atoms with Crippen LogP contribution in [-0.4, -0.2) is 31.9 Å². The van der Waals surface area contributed by atoms with E-state index in [4.69, 9.17) is 0 Å². The number of aryl methyl sites for hydroxylation is 1. The molecule has 0 saturated heterocycles. The van der Waals surface area contributed by atoms with Crippen molar-refractivity contribution in [3.63, 3.8) is 0 Å². The van der Waals surface area contributed by atoms with Gasteiger partial charge in [0.25, 0.3) is 5.91 Å². The zero-order valence-corrected chi connectivity index (χ0v) is 11.1. The number of amides is 1. The second-order valence-electron chi connectivity index (χ2n) is 4.79. The summed E-state index contributed by atoms with van der Waals surface area (Å²) < 4.78 is 2.19. The van der Waals surface area contributed by atoms with Crippen LogP contribution in [0.1, 0.15) is 35.0 Å². The van der Waals surface area contributed by atoms with Crippen LogP contribution in [0.3, 0.4) is 0 Å². The number of fused-ring (bicyclic) bond motifs is 1. The van der Waals surface area contributed by atoms with Crippen LogP contribution in [0.2, 0.25) is 0 Å². The topological polar surface area (TPSA) is 51.0 Å². The van der Waals surface area contributed by atoms with Crippen LogP contribution in [-0.2, 0) is 6.54 Å². The summed E-state index contributed by atoms with van der Waals surface area (Å²) >= 11 is 0. The van der Waals surface area contributed by atoms with Crippen molar-refractivity contribution in [1.29, 1.82) is 0 Å². The van der Waals surface area contributed by atoms with Gasteiger partial charge in [0.2, 0.25) is 0 Å². The van der Waals surface area contributed by atoms with Crippen molar-refractivity contribution in [2.75, 3.05) is 6.54 Å². The third kappa shape index (κ3) is 2.01. The molecule has 3 heterocycles. The Morgan fingerprint density at radius 1 is 1.37 bits per heavy atom. The summed E-state index contributed by atoms with van der Waals surface area (Å²) in [6.45, 7) is 5.39. The first-order chi connectivity index (χ1) is 9.16. The molecule has 1 aliphatic heterocycles. The van der Waals surface area contributed by atoms with E-state index in [1.54, 1.807) is 19.2 Å². The first-order valence-corrected chi connectivity index (χ1v) is 6.42. The van der Waals surface area contributed by atoms with E-state index in [1.165, 1.54) is 5.69 Å². The van der Waals surface area contributed by atoms with Crippen molar-refractivity contribution in [1.82, 2.24) is 19.4 Å². The molecule has 1 amide bonds. The van der Waals surface area contributed by atoms with Crippen LogP contribution in [0.15, 0.2) is 30.6 Å². The van der Waals surface area contributed by atoms with Gasteiger partial charge in [0, 0.05) is 31.2 Å². The van der Waals surface area contributed by atoms with Gasteiger partial charge in [-0.15, -0.1) is 0 Å². The third-order valence-electron chi connectivity index (χ3n) is 3.60. The van der Waals surface area contributed by atoms with Gasteiger partial charge in [0.15, 0.2) is 0 Å². The van der Waals surface area contributed by atoms with Crippen LogP contribution >= 0.6 is 0 Å². The van der Waals surface area contributed by atoms with Gasteiger partial charge < -0.3 is 9.47 Å². The molecule has 19 heavy (non-hydrogen) atoms. The summed E-state index contributed by atoms with van der Waals surface area (Å²) in [7, 11) is 0. The fourth-order valence-electron chi connectivity index (χ4n) is 2.58. The van der Waals surface area contributed by atoms with Crippen molar-refractivity contribution in [3.8, 4) is 0 Å². The molecule has 0 bridgehead atoms. The second-order valence-corrected chi connectivity index (χ2v) is 4.79. The van der Waals surface area contributed by atoms with Gasteiger partial charge in [-0.1, -0.05) is 0 Å². The fourth-order valence-corrected chi connectivity index (χ4v) is 2.58. The lowest BCUT2D eigenvalue weighted by molar-refractivity contribution is 0.0637. The maximum absolute atomic E-state index is 12.5. The van der Waals surface area contributed by atoms with Crippen molar-refractivity contribution < 1.29 is 4.79 Å². The van der Waals surface area contributed by atoms with E-state index in [2.05, 4.69) is 33.7 Å². The van der Waals surface area contributed by atoms with E-state index >= 15 is 0 Å². The molecule has 2 aromatic rings. The fraction of sp³-hybridized carbons (Fsp3) is 0.357. The Morgan fingerprint density at radius 2 is 2.21 bits per heavy atom. The van der Waals surface area contributed by atoms with Gasteiger partial charge in [-0.3, -0.25) is 4.79 Å². The molecule has 2 aromatic heterocycles. The molecule has 0 N–H and O–H groups in total. The smallest absolute Gasteiger partial charge is 0.273 e. The van der Waals surface area contributed by atoms with Crippen LogP contribution in [0, 0.1) is 6.92 Å². The normalized spacial score (nSPS) is 18.2. The third-order valence-corrected chi connectivity index (χ3v) is 3.60. The minimum Gasteiger partial charge on any atom is -0.348 e. The highest BCUT2D eigenvalue weighted by Gasteiger charge is 2.28. The highest BCUT2D eigenvalue weighted by molar-refractivity contribution is 5.92. The number of nitrogens with zero attached hydrogens (tertiary/aromatic N) is 4. The second kappa shape index (κ2) is 4.50. The molecule has 5 heteroatoms. The number of hydrogen-bond acceptors (Lipinski definition) is 3. The number of aromatic nitrogens is 3. The SMILES string of the molecule is Cc1nccc(C(=O)N2CCn3cccc3C2C)n1. The Morgan fingerprint density at radius 3 is 3.00 bits per heavy atom. The Kier molecular flexibility index (Phi) is 2.81. The molecule has 0 spiro atoms. The number of hydrogen-bond donors (Lipinski definition) is 0. The highest BCUT2D eigenvalue weighted by atomic mass is 16.2. The summed E-state index contributed by atoms with van der Waals surface area (Å²) in [5.41, 5.74) is 1.64. The summed E-state index contributed by atoms with van der Waals surface area (Å²) in [4.78, 5) is 22.6. The largest absolute Gasteiger partial charge is 0.348 e. The first kappa shape index (κ1) is 11.9. The van der Waals surface area contributed by atoms with E-state index in [0.29, 0.717) is 18.1 Å². The van der Waals surface area contributed by atoms with Crippen molar-refractivity contribution in [2.45, 2.75) is 26.4 Å². The Bertz CT molecular complexity index is 619. The van der Waals surface area contributed by atoms with Gasteiger partial charge in [-0.2, -0.15) is 0 Å². The van der Waals surface area contributed by atoms with Gasteiger partial charge in [0.05, 0.1) is 6.04 Å². The standard InChI is InChI=1S/C14H16N4O/c1-10-13-4-3-7-17(13)8-9-18(10)14(19)12-5-6-15-11(2)16-12/h3-7,10H,8-9H2,1-2H3. The van der Waals surface area contributed by atoms with Gasteiger partial charge in [-0.05, 0) is 32.0 Å². The molecule has 1 aliphatic rings. The highest BCUT2D eigenvalue weighted by Crippen LogP contribution is 2.26. The average Bonchev–Trinajstić information content (AvgIpc) is 2.88. The number of carbonyl (C=O) groups excluding carboxylic acids is 1. The maximum atomic E-state index is 12.5. The molecule has 0 aromatic carbocycles. The molecular formula is C14H16N4O. The lowest BCUT2D eigenvalue weighted by Gasteiger charge is -2.34. The summed E-state index contributed by atoms with van der Waals surface area (Å²) in [5.74, 6) is 0.601. The summed E-state index contributed by atoms with van der Waals surface area (Å²) in [6, 6.07) is 5.84. The Balaban J connectivity index is 1.90. The molecule has 98 valence electrons. The molecule has 0 aliphatic carbocycles. The maximum Gasteiger partial charge on any atom is 0.273 e. The van der Waals surface area contributed by atoms with Crippen LogP contribution < -0.4 is 0 Å². The minimum absolute atomic E-state index is 0.0227. The molecule has 3 rings (SSSR count). The van der Waals surface area contributed by atoms with E-state index in [0.717, 1.165) is 6.54 Å². The Hall–Kier alpha value is -2.17. The molecule has 0 fully saturated rings. The molecule has 0 saturated carbocycles. The lowest BCUT2D eigenvalue weighted by Crippen LogP contribution is -2.41. The van der Waals surface area contributed by atoms with Gasteiger partial charge in [-0.25, -0.2) is 9.97 Å². The van der Waals surface area contributed by atoms with Crippen molar-refractivity contribution in [2.24, 2.45) is 0 Å². The molecule has 0 radical (unpaired) electrons. The molecular weight excluding hydrogens is 240 g/mol. The van der Waals surface area contributed by atoms with Crippen LogP contribution in [0.25, 0.3) is 0 Å². The number of rotatable bonds is 1. The molecule has 5 nitrogen and oxygen atoms in total. The quantitative estimate of drug-likeness (QED) is 0.781. The molecule has 1 unspecified atom stereocenters. The number of carbonyl (C=O) groups is 1. The van der Waals surface area contributed by atoms with E-state index < -0.39 is 0 Å². The summed E-state index contributed by atoms with van der Waals surface area (Å²) in [6.07, 6.45) is 3.69. The van der Waals surface area contributed by atoms with Crippen LogP contribution in [0.5, 0.6) is 0 Å². The van der Waals surface area contributed by atoms with Gasteiger partial charge >= 0.3 is 0 Å². The predicted molar refractivity (Wildman–Crippen MR) is 70.7 cm³/mol. The average molecular weight is 256 g/mol. The first-order valence-electron chi connectivity index (χ1n) is 6.42. The predicted octanol–water partition coefficient (Wildman–Crippen LogP) is 1.80. The van der Waals surface area contributed by atoms with Crippen molar-refractivity contribution >= 4 is 5.91 Å².